The zero-order valence-corrected chi connectivity index (χ0v) is 16.1. The van der Waals surface area contributed by atoms with E-state index >= 15 is 0 Å². The van der Waals surface area contributed by atoms with Gasteiger partial charge in [-0.25, -0.2) is 0 Å². The standard InChI is InChI=1S/C18H21BrN2O2.ClH/c1-3-23-16-10-9-14(19)11-15(16)21-18(22)12(2)17(20)13-7-5-4-6-8-13;/h4-12,17H,3,20H2,1-2H3,(H,21,22);1H. The van der Waals surface area contributed by atoms with Gasteiger partial charge in [-0.2, -0.15) is 0 Å². The SMILES string of the molecule is CCOc1ccc(Br)cc1NC(=O)C(C)C(N)c1ccccc1.Cl. The average Bonchev–Trinajstić information content (AvgIpc) is 2.57. The van der Waals surface area contributed by atoms with E-state index in [1.54, 1.807) is 0 Å². The number of carbonyl (C=O) groups is 1. The summed E-state index contributed by atoms with van der Waals surface area (Å²) in [6, 6.07) is 14.8. The first-order valence-electron chi connectivity index (χ1n) is 7.56. The Hall–Kier alpha value is -1.56. The van der Waals surface area contributed by atoms with Crippen LogP contribution in [0.15, 0.2) is 53.0 Å². The van der Waals surface area contributed by atoms with Gasteiger partial charge in [0, 0.05) is 10.5 Å². The molecule has 24 heavy (non-hydrogen) atoms. The maximum absolute atomic E-state index is 12.5. The molecule has 0 bridgehead atoms. The number of amides is 1. The lowest BCUT2D eigenvalue weighted by atomic mass is 9.94. The van der Waals surface area contributed by atoms with Crippen molar-refractivity contribution in [2.24, 2.45) is 11.7 Å². The maximum atomic E-state index is 12.5. The number of carbonyl (C=O) groups excluding carboxylic acids is 1. The van der Waals surface area contributed by atoms with E-state index in [4.69, 9.17) is 10.5 Å². The summed E-state index contributed by atoms with van der Waals surface area (Å²) in [7, 11) is 0. The van der Waals surface area contributed by atoms with Crippen LogP contribution >= 0.6 is 28.3 Å². The van der Waals surface area contributed by atoms with E-state index in [0.29, 0.717) is 18.0 Å². The molecule has 0 radical (unpaired) electrons. The number of rotatable bonds is 6. The Kier molecular flexibility index (Phi) is 8.25. The van der Waals surface area contributed by atoms with Gasteiger partial charge in [0.1, 0.15) is 5.75 Å². The maximum Gasteiger partial charge on any atom is 0.229 e. The summed E-state index contributed by atoms with van der Waals surface area (Å²) in [5.41, 5.74) is 7.79. The molecule has 2 atom stereocenters. The van der Waals surface area contributed by atoms with Crippen molar-refractivity contribution in [1.82, 2.24) is 0 Å². The summed E-state index contributed by atoms with van der Waals surface area (Å²) in [6.45, 7) is 4.26. The number of ether oxygens (including phenoxy) is 1. The Morgan fingerprint density at radius 1 is 1.25 bits per heavy atom. The molecule has 0 aliphatic carbocycles. The molecule has 2 unspecified atom stereocenters. The van der Waals surface area contributed by atoms with Gasteiger partial charge < -0.3 is 15.8 Å². The van der Waals surface area contributed by atoms with Gasteiger partial charge in [0.25, 0.3) is 0 Å². The van der Waals surface area contributed by atoms with E-state index in [-0.39, 0.29) is 30.3 Å². The van der Waals surface area contributed by atoms with Crippen LogP contribution in [0.1, 0.15) is 25.5 Å². The van der Waals surface area contributed by atoms with Crippen molar-refractivity contribution in [2.45, 2.75) is 19.9 Å². The molecule has 1 amide bonds. The molecule has 3 N–H and O–H groups in total. The number of nitrogens with one attached hydrogen (secondary N) is 1. The van der Waals surface area contributed by atoms with Gasteiger partial charge in [0.15, 0.2) is 0 Å². The van der Waals surface area contributed by atoms with Gasteiger partial charge in [-0.3, -0.25) is 4.79 Å². The third-order valence-corrected chi connectivity index (χ3v) is 4.13. The minimum absolute atomic E-state index is 0. The lowest BCUT2D eigenvalue weighted by Crippen LogP contribution is -2.30. The van der Waals surface area contributed by atoms with Crippen molar-refractivity contribution in [2.75, 3.05) is 11.9 Å². The summed E-state index contributed by atoms with van der Waals surface area (Å²) in [5, 5.41) is 2.91. The third-order valence-electron chi connectivity index (χ3n) is 3.64. The largest absolute Gasteiger partial charge is 0.492 e. The summed E-state index contributed by atoms with van der Waals surface area (Å²) in [4.78, 5) is 12.5. The Morgan fingerprint density at radius 3 is 2.54 bits per heavy atom. The molecule has 0 saturated heterocycles. The first-order valence-corrected chi connectivity index (χ1v) is 8.36. The van der Waals surface area contributed by atoms with Gasteiger partial charge >= 0.3 is 0 Å². The van der Waals surface area contributed by atoms with Gasteiger partial charge in [-0.15, -0.1) is 12.4 Å². The minimum Gasteiger partial charge on any atom is -0.492 e. The van der Waals surface area contributed by atoms with E-state index in [0.717, 1.165) is 10.0 Å². The second-order valence-electron chi connectivity index (χ2n) is 5.29. The molecule has 0 spiro atoms. The van der Waals surface area contributed by atoms with E-state index < -0.39 is 0 Å². The van der Waals surface area contributed by atoms with Crippen molar-refractivity contribution >= 4 is 39.9 Å². The van der Waals surface area contributed by atoms with Crippen molar-refractivity contribution in [3.63, 3.8) is 0 Å². The zero-order valence-electron chi connectivity index (χ0n) is 13.7. The highest BCUT2D eigenvalue weighted by molar-refractivity contribution is 9.10. The van der Waals surface area contributed by atoms with Crippen LogP contribution < -0.4 is 15.8 Å². The van der Waals surface area contributed by atoms with Gasteiger partial charge in [-0.05, 0) is 30.7 Å². The molecule has 0 aliphatic heterocycles. The van der Waals surface area contributed by atoms with Crippen molar-refractivity contribution in [1.29, 1.82) is 0 Å². The minimum atomic E-state index is -0.370. The van der Waals surface area contributed by atoms with Crippen LogP contribution in [0.2, 0.25) is 0 Å². The summed E-state index contributed by atoms with van der Waals surface area (Å²) in [5.74, 6) is 0.135. The number of halogens is 2. The molecule has 130 valence electrons. The smallest absolute Gasteiger partial charge is 0.229 e. The van der Waals surface area contributed by atoms with Crippen LogP contribution in [0, 0.1) is 5.92 Å². The van der Waals surface area contributed by atoms with E-state index in [1.807, 2.05) is 62.4 Å². The number of nitrogens with two attached hydrogens (primary N) is 1. The predicted octanol–water partition coefficient (Wildman–Crippen LogP) is 4.54. The number of hydrogen-bond donors (Lipinski definition) is 2. The Labute approximate surface area is 157 Å². The van der Waals surface area contributed by atoms with Crippen LogP contribution in [-0.2, 0) is 4.79 Å². The van der Waals surface area contributed by atoms with E-state index in [9.17, 15) is 4.79 Å². The monoisotopic (exact) mass is 412 g/mol. The summed E-state index contributed by atoms with van der Waals surface area (Å²) >= 11 is 3.41. The first kappa shape index (κ1) is 20.5. The summed E-state index contributed by atoms with van der Waals surface area (Å²) in [6.07, 6.45) is 0. The van der Waals surface area contributed by atoms with Gasteiger partial charge in [0.05, 0.1) is 18.2 Å². The zero-order chi connectivity index (χ0) is 16.8. The quantitative estimate of drug-likeness (QED) is 0.730. The Morgan fingerprint density at radius 2 is 1.92 bits per heavy atom. The highest BCUT2D eigenvalue weighted by Gasteiger charge is 2.23. The van der Waals surface area contributed by atoms with Crippen LogP contribution in [0.25, 0.3) is 0 Å². The fraction of sp³-hybridized carbons (Fsp3) is 0.278. The van der Waals surface area contributed by atoms with E-state index in [1.165, 1.54) is 0 Å². The predicted molar refractivity (Wildman–Crippen MR) is 104 cm³/mol. The van der Waals surface area contributed by atoms with Crippen molar-refractivity contribution in [3.05, 3.63) is 58.6 Å². The molecule has 0 saturated carbocycles. The molecular formula is C18H22BrClN2O2. The van der Waals surface area contributed by atoms with Crippen LogP contribution in [0.4, 0.5) is 5.69 Å². The van der Waals surface area contributed by atoms with Crippen LogP contribution in [0.3, 0.4) is 0 Å². The number of benzene rings is 2. The molecular weight excluding hydrogens is 392 g/mol. The topological polar surface area (TPSA) is 64.3 Å². The molecule has 2 aromatic rings. The fourth-order valence-electron chi connectivity index (χ4n) is 2.25. The Bertz CT molecular complexity index is 667. The Balaban J connectivity index is 0.00000288. The lowest BCUT2D eigenvalue weighted by molar-refractivity contribution is -0.120. The molecule has 0 heterocycles. The van der Waals surface area contributed by atoms with Crippen LogP contribution in [0.5, 0.6) is 5.75 Å². The molecule has 4 nitrogen and oxygen atoms in total. The van der Waals surface area contributed by atoms with Crippen molar-refractivity contribution < 1.29 is 9.53 Å². The molecule has 2 rings (SSSR count). The summed E-state index contributed by atoms with van der Waals surface area (Å²) < 4.78 is 6.42. The number of anilines is 1. The molecule has 0 aliphatic rings. The molecule has 0 fully saturated rings. The molecule has 2 aromatic carbocycles. The average molecular weight is 414 g/mol. The van der Waals surface area contributed by atoms with Gasteiger partial charge in [-0.1, -0.05) is 53.2 Å². The second kappa shape index (κ2) is 9.67. The molecule has 6 heteroatoms. The van der Waals surface area contributed by atoms with Gasteiger partial charge in [0.2, 0.25) is 5.91 Å². The first-order chi connectivity index (χ1) is 11.0. The van der Waals surface area contributed by atoms with E-state index in [2.05, 4.69) is 21.2 Å². The molecule has 0 aromatic heterocycles. The van der Waals surface area contributed by atoms with Crippen molar-refractivity contribution in [3.8, 4) is 5.75 Å². The normalized spacial score (nSPS) is 12.7. The lowest BCUT2D eigenvalue weighted by Gasteiger charge is -2.21. The number of hydrogen-bond acceptors (Lipinski definition) is 3. The highest BCUT2D eigenvalue weighted by atomic mass is 79.9. The fourth-order valence-corrected chi connectivity index (χ4v) is 2.62. The second-order valence-corrected chi connectivity index (χ2v) is 6.20. The van der Waals surface area contributed by atoms with Crippen LogP contribution in [-0.4, -0.2) is 12.5 Å². The third kappa shape index (κ3) is 5.23. The highest BCUT2D eigenvalue weighted by Crippen LogP contribution is 2.29.